The summed E-state index contributed by atoms with van der Waals surface area (Å²) in [7, 11) is 0. The summed E-state index contributed by atoms with van der Waals surface area (Å²) in [6.45, 7) is 1.53. The second-order valence-corrected chi connectivity index (χ2v) is 17.3. The normalized spacial score (nSPS) is 27.0. The lowest BCUT2D eigenvalue weighted by atomic mass is 9.89. The van der Waals surface area contributed by atoms with Crippen molar-refractivity contribution < 1.29 is 48.2 Å². The van der Waals surface area contributed by atoms with Gasteiger partial charge in [-0.2, -0.15) is 0 Å². The Bertz CT molecular complexity index is 2320. The van der Waals surface area contributed by atoms with Gasteiger partial charge in [-0.25, -0.2) is 0 Å². The van der Waals surface area contributed by atoms with Gasteiger partial charge in [0.1, 0.15) is 48.5 Å². The minimum absolute atomic E-state index is 0.168. The molecule has 0 bridgehead atoms. The summed E-state index contributed by atoms with van der Waals surface area (Å²) >= 11 is 3.52. The van der Waals surface area contributed by atoms with Gasteiger partial charge in [-0.15, -0.1) is 0 Å². The lowest BCUT2D eigenvalue weighted by Crippen LogP contribution is -2.61. The van der Waals surface area contributed by atoms with Crippen molar-refractivity contribution in [3.05, 3.63) is 185 Å². The molecule has 64 heavy (non-hydrogen) atoms. The molecule has 5 aromatic carbocycles. The number of ether oxygens (including phenoxy) is 7. The highest BCUT2D eigenvalue weighted by molar-refractivity contribution is 9.10. The number of fused-ring (bicyclic) bond motifs is 2. The van der Waals surface area contributed by atoms with Crippen molar-refractivity contribution in [3.63, 3.8) is 0 Å². The minimum Gasteiger partial charge on any atom is -0.485 e. The third-order valence-electron chi connectivity index (χ3n) is 11.7. The lowest BCUT2D eigenvalue weighted by Gasteiger charge is -2.45. The Kier molecular flexibility index (Phi) is 16.4. The van der Waals surface area contributed by atoms with Crippen molar-refractivity contribution >= 4 is 32.5 Å². The number of ketones is 1. The topological polar surface area (TPSA) is 122 Å². The molecule has 0 aromatic heterocycles. The first-order valence-corrected chi connectivity index (χ1v) is 22.8. The van der Waals surface area contributed by atoms with Gasteiger partial charge in [-0.05, 0) is 64.6 Å². The Morgan fingerprint density at radius 2 is 1.44 bits per heavy atom. The van der Waals surface area contributed by atoms with Gasteiger partial charge in [0.25, 0.3) is 0 Å². The molecule has 3 aliphatic rings. The highest BCUT2D eigenvalue weighted by Gasteiger charge is 2.49. The van der Waals surface area contributed by atoms with Gasteiger partial charge >= 0.3 is 0 Å². The zero-order valence-corrected chi connectivity index (χ0v) is 37.1. The van der Waals surface area contributed by atoms with Crippen LogP contribution in [-0.2, 0) is 53.0 Å². The molecule has 0 amide bonds. The third-order valence-corrected chi connectivity index (χ3v) is 12.2. The molecule has 11 heteroatoms. The van der Waals surface area contributed by atoms with Crippen molar-refractivity contribution in [3.8, 4) is 5.75 Å². The Balaban J connectivity index is 1.00. The summed E-state index contributed by atoms with van der Waals surface area (Å²) in [4.78, 5) is 14.1. The summed E-state index contributed by atoms with van der Waals surface area (Å²) in [5.74, 6) is 0.0982. The van der Waals surface area contributed by atoms with Crippen molar-refractivity contribution in [1.29, 1.82) is 0 Å². The van der Waals surface area contributed by atoms with E-state index in [0.717, 1.165) is 31.9 Å². The highest BCUT2D eigenvalue weighted by atomic mass is 79.9. The average Bonchev–Trinajstić information content (AvgIpc) is 3.56. The zero-order chi connectivity index (χ0) is 44.1. The molecule has 0 spiro atoms. The first-order valence-electron chi connectivity index (χ1n) is 22.0. The molecule has 1 fully saturated rings. The third kappa shape index (κ3) is 12.5. The first-order chi connectivity index (χ1) is 31.4. The summed E-state index contributed by atoms with van der Waals surface area (Å²) in [6, 6.07) is 41.5. The van der Waals surface area contributed by atoms with Crippen LogP contribution < -0.4 is 4.74 Å². The maximum Gasteiger partial charge on any atom is 0.167 e. The van der Waals surface area contributed by atoms with Crippen molar-refractivity contribution in [2.24, 2.45) is 0 Å². The van der Waals surface area contributed by atoms with Gasteiger partial charge in [-0.1, -0.05) is 156 Å². The number of Topliss-reactive ketones (excluding diaryl/α,β-unsaturated/α-hetero) is 1. The number of hydrogen-bond acceptors (Lipinski definition) is 10. The summed E-state index contributed by atoms with van der Waals surface area (Å²) < 4.78 is 46.6. The van der Waals surface area contributed by atoms with Crippen LogP contribution in [0.15, 0.2) is 168 Å². The molecule has 2 N–H and O–H groups in total. The predicted octanol–water partition coefficient (Wildman–Crippen LogP) is 8.80. The molecule has 334 valence electrons. The van der Waals surface area contributed by atoms with Crippen LogP contribution in [0.25, 0.3) is 10.8 Å². The largest absolute Gasteiger partial charge is 0.485 e. The van der Waals surface area contributed by atoms with Crippen LogP contribution >= 0.6 is 15.9 Å². The van der Waals surface area contributed by atoms with Crippen LogP contribution in [0.1, 0.15) is 36.0 Å². The molecular formula is C53H55BrO10. The van der Waals surface area contributed by atoms with Crippen LogP contribution in [0, 0.1) is 0 Å². The molecule has 1 saturated heterocycles. The smallest absolute Gasteiger partial charge is 0.167 e. The standard InChI is InChI=1S/C53H55BrO10/c54-41-24-21-38(22-25-41)34-61-53-51-48(19-9-10-29-59-51)64-49(52(53)62-42-26-23-39-16-7-8-17-40(39)30-42)31-45(57)43(55)27-28-46-44(56)18-11-20-47(60-33-37-14-5-2-6-15-37)50(63-46)35-58-32-36-12-3-1-4-13-36/h1-17,20-28,30,43-44,46-53,55-56H,18-19,29,31-35H2/b20-11-,28-27+/t43?,44-,46+,47+,48+,49-,50-,51+,52-,53-/m1/s1. The average molecular weight is 932 g/mol. The monoisotopic (exact) mass is 930 g/mol. The number of hydrogen-bond donors (Lipinski definition) is 2. The van der Waals surface area contributed by atoms with E-state index < -0.39 is 66.8 Å². The number of carbonyl (C=O) groups is 1. The van der Waals surface area contributed by atoms with E-state index in [1.807, 2.05) is 152 Å². The molecule has 0 aliphatic carbocycles. The van der Waals surface area contributed by atoms with Gasteiger partial charge in [0.2, 0.25) is 0 Å². The SMILES string of the molecule is O=C(C[C@H]1O[C@H]2CC=CCO[C@@H]2[C@@H](OCc2ccc(Br)cc2)[C@@H]1Oc1ccc2ccccc2c1)C(O)/C=C/[C@@H]1O[C@H](COCc2ccccc2)[C@@H](OCc2ccccc2)/C=C\C[C@H]1O. The number of aliphatic hydroxyl groups excluding tert-OH is 2. The molecule has 1 unspecified atom stereocenters. The molecule has 8 rings (SSSR count). The first kappa shape index (κ1) is 45.8. The van der Waals surface area contributed by atoms with Gasteiger partial charge in [-0.3, -0.25) is 4.79 Å². The molecule has 3 aliphatic heterocycles. The predicted molar refractivity (Wildman–Crippen MR) is 248 cm³/mol. The van der Waals surface area contributed by atoms with E-state index in [9.17, 15) is 15.0 Å². The minimum atomic E-state index is -1.54. The zero-order valence-electron chi connectivity index (χ0n) is 35.6. The number of carbonyl (C=O) groups excluding carboxylic acids is 1. The quantitative estimate of drug-likeness (QED) is 0.0876. The van der Waals surface area contributed by atoms with Crippen molar-refractivity contribution in [1.82, 2.24) is 0 Å². The Hall–Kier alpha value is -4.79. The number of aliphatic hydroxyl groups is 2. The molecule has 5 aromatic rings. The Morgan fingerprint density at radius 1 is 0.734 bits per heavy atom. The van der Waals surface area contributed by atoms with Crippen LogP contribution in [0.2, 0.25) is 0 Å². The van der Waals surface area contributed by atoms with E-state index in [1.165, 1.54) is 6.08 Å². The number of benzene rings is 5. The number of rotatable bonds is 17. The van der Waals surface area contributed by atoms with E-state index in [0.29, 0.717) is 32.0 Å². The van der Waals surface area contributed by atoms with Crippen LogP contribution in [0.5, 0.6) is 5.75 Å². The van der Waals surface area contributed by atoms with E-state index >= 15 is 0 Å². The van der Waals surface area contributed by atoms with E-state index in [4.69, 9.17) is 33.2 Å². The molecule has 0 radical (unpaired) electrons. The summed E-state index contributed by atoms with van der Waals surface area (Å²) in [5.41, 5.74) is 2.98. The summed E-state index contributed by atoms with van der Waals surface area (Å²) in [6.07, 6.45) is 3.66. The fourth-order valence-electron chi connectivity index (χ4n) is 8.24. The van der Waals surface area contributed by atoms with E-state index in [2.05, 4.69) is 15.9 Å². The van der Waals surface area contributed by atoms with E-state index in [-0.39, 0.29) is 26.1 Å². The molecule has 0 saturated carbocycles. The highest BCUT2D eigenvalue weighted by Crippen LogP contribution is 2.35. The Morgan fingerprint density at radius 3 is 2.22 bits per heavy atom. The van der Waals surface area contributed by atoms with Crippen molar-refractivity contribution in [2.45, 2.75) is 100 Å². The molecule has 10 atom stereocenters. The van der Waals surface area contributed by atoms with Crippen LogP contribution in [0.3, 0.4) is 0 Å². The second-order valence-electron chi connectivity index (χ2n) is 16.3. The molecule has 3 heterocycles. The summed E-state index contributed by atoms with van der Waals surface area (Å²) in [5, 5.41) is 24.9. The van der Waals surface area contributed by atoms with Gasteiger partial charge in [0, 0.05) is 10.9 Å². The Labute approximate surface area is 383 Å². The van der Waals surface area contributed by atoms with Gasteiger partial charge in [0.15, 0.2) is 11.9 Å². The van der Waals surface area contributed by atoms with Gasteiger partial charge < -0.3 is 43.4 Å². The van der Waals surface area contributed by atoms with Crippen LogP contribution in [0.4, 0.5) is 0 Å². The van der Waals surface area contributed by atoms with Crippen molar-refractivity contribution in [2.75, 3.05) is 13.2 Å². The molecular weight excluding hydrogens is 876 g/mol. The molecule has 10 nitrogen and oxygen atoms in total. The second kappa shape index (κ2) is 22.9. The number of halogens is 1. The fraction of sp³-hybridized carbons (Fsp3) is 0.340. The van der Waals surface area contributed by atoms with Crippen LogP contribution in [-0.4, -0.2) is 90.2 Å². The van der Waals surface area contributed by atoms with Gasteiger partial charge in [0.05, 0.1) is 45.2 Å². The fourth-order valence-corrected chi connectivity index (χ4v) is 8.50. The maximum atomic E-state index is 14.1. The lowest BCUT2D eigenvalue weighted by molar-refractivity contribution is -0.239. The van der Waals surface area contributed by atoms with E-state index in [1.54, 1.807) is 6.08 Å². The maximum absolute atomic E-state index is 14.1.